The van der Waals surface area contributed by atoms with Crippen molar-refractivity contribution in [2.75, 3.05) is 0 Å². The van der Waals surface area contributed by atoms with Crippen molar-refractivity contribution in [3.63, 3.8) is 0 Å². The summed E-state index contributed by atoms with van der Waals surface area (Å²) in [6.45, 7) is 5.92. The van der Waals surface area contributed by atoms with E-state index in [2.05, 4.69) is 6.07 Å². The highest BCUT2D eigenvalue weighted by Gasteiger charge is 2.14. The van der Waals surface area contributed by atoms with E-state index >= 15 is 0 Å². The SMILES string of the molecule is Cc1cc(C)cc([C@H](O)c2ccc(C)o2)c1. The van der Waals surface area contributed by atoms with Crippen LogP contribution in [0.4, 0.5) is 0 Å². The lowest BCUT2D eigenvalue weighted by Crippen LogP contribution is -1.99. The van der Waals surface area contributed by atoms with Gasteiger partial charge >= 0.3 is 0 Å². The molecule has 2 aromatic rings. The lowest BCUT2D eigenvalue weighted by Gasteiger charge is -2.10. The lowest BCUT2D eigenvalue weighted by molar-refractivity contribution is 0.187. The maximum absolute atomic E-state index is 10.2. The molecule has 0 radical (unpaired) electrons. The quantitative estimate of drug-likeness (QED) is 0.835. The smallest absolute Gasteiger partial charge is 0.137 e. The highest BCUT2D eigenvalue weighted by Crippen LogP contribution is 2.25. The van der Waals surface area contributed by atoms with Crippen LogP contribution < -0.4 is 0 Å². The van der Waals surface area contributed by atoms with Gasteiger partial charge in [-0.3, -0.25) is 0 Å². The summed E-state index contributed by atoms with van der Waals surface area (Å²) in [6, 6.07) is 9.73. The molecule has 0 saturated heterocycles. The van der Waals surface area contributed by atoms with Crippen LogP contribution in [0.15, 0.2) is 34.7 Å². The van der Waals surface area contributed by atoms with E-state index in [4.69, 9.17) is 4.42 Å². The zero-order valence-corrected chi connectivity index (χ0v) is 9.82. The first-order valence-corrected chi connectivity index (χ1v) is 5.39. The van der Waals surface area contributed by atoms with Gasteiger partial charge in [-0.1, -0.05) is 29.3 Å². The van der Waals surface area contributed by atoms with Gasteiger partial charge in [0.15, 0.2) is 0 Å². The van der Waals surface area contributed by atoms with Crippen LogP contribution in [-0.4, -0.2) is 5.11 Å². The molecule has 2 heteroatoms. The van der Waals surface area contributed by atoms with Crippen molar-refractivity contribution in [3.8, 4) is 0 Å². The molecule has 1 aromatic heterocycles. The minimum Gasteiger partial charge on any atom is -0.463 e. The second-order valence-corrected chi connectivity index (χ2v) is 4.27. The molecule has 2 nitrogen and oxygen atoms in total. The van der Waals surface area contributed by atoms with Crippen LogP contribution in [0, 0.1) is 20.8 Å². The number of aryl methyl sites for hydroxylation is 3. The number of furan rings is 1. The molecule has 0 bridgehead atoms. The molecule has 2 rings (SSSR count). The summed E-state index contributed by atoms with van der Waals surface area (Å²) in [6.07, 6.45) is -0.674. The van der Waals surface area contributed by atoms with Gasteiger partial charge in [-0.25, -0.2) is 0 Å². The fourth-order valence-electron chi connectivity index (χ4n) is 1.93. The van der Waals surface area contributed by atoms with Crippen LogP contribution in [0.5, 0.6) is 0 Å². The summed E-state index contributed by atoms with van der Waals surface area (Å²) in [5.41, 5.74) is 3.18. The van der Waals surface area contributed by atoms with Crippen molar-refractivity contribution < 1.29 is 9.52 Å². The maximum atomic E-state index is 10.2. The van der Waals surface area contributed by atoms with Crippen LogP contribution in [-0.2, 0) is 0 Å². The Hall–Kier alpha value is -1.54. The van der Waals surface area contributed by atoms with E-state index in [0.29, 0.717) is 5.76 Å². The molecule has 0 amide bonds. The minimum absolute atomic E-state index is 0.600. The second kappa shape index (κ2) is 4.14. The number of hydrogen-bond donors (Lipinski definition) is 1. The zero-order valence-electron chi connectivity index (χ0n) is 9.82. The van der Waals surface area contributed by atoms with Gasteiger partial charge in [0, 0.05) is 0 Å². The predicted molar refractivity (Wildman–Crippen MR) is 63.4 cm³/mol. The summed E-state index contributed by atoms with van der Waals surface area (Å²) >= 11 is 0. The molecule has 84 valence electrons. The number of rotatable bonds is 2. The van der Waals surface area contributed by atoms with E-state index in [0.717, 1.165) is 22.5 Å². The first-order chi connectivity index (χ1) is 7.56. The highest BCUT2D eigenvalue weighted by molar-refractivity contribution is 5.33. The minimum atomic E-state index is -0.674. The fraction of sp³-hybridized carbons (Fsp3) is 0.286. The summed E-state index contributed by atoms with van der Waals surface area (Å²) < 4.78 is 5.43. The molecule has 0 aliphatic heterocycles. The fourth-order valence-corrected chi connectivity index (χ4v) is 1.93. The van der Waals surface area contributed by atoms with Crippen molar-refractivity contribution in [1.29, 1.82) is 0 Å². The molecular weight excluding hydrogens is 200 g/mol. The van der Waals surface area contributed by atoms with Crippen molar-refractivity contribution in [2.45, 2.75) is 26.9 Å². The zero-order chi connectivity index (χ0) is 11.7. The Bertz CT molecular complexity index is 477. The van der Waals surface area contributed by atoms with E-state index in [9.17, 15) is 5.11 Å². The average Bonchev–Trinajstić information content (AvgIpc) is 2.62. The number of hydrogen-bond acceptors (Lipinski definition) is 2. The molecule has 16 heavy (non-hydrogen) atoms. The normalized spacial score (nSPS) is 12.8. The summed E-state index contributed by atoms with van der Waals surface area (Å²) in [7, 11) is 0. The third-order valence-corrected chi connectivity index (χ3v) is 2.59. The molecule has 0 unspecified atom stereocenters. The highest BCUT2D eigenvalue weighted by atomic mass is 16.4. The molecule has 0 saturated carbocycles. The van der Waals surface area contributed by atoms with Gasteiger partial charge in [-0.15, -0.1) is 0 Å². The Morgan fingerprint density at radius 1 is 1.00 bits per heavy atom. The number of benzene rings is 1. The molecule has 1 N–H and O–H groups in total. The third kappa shape index (κ3) is 2.17. The number of aliphatic hydroxyl groups excluding tert-OH is 1. The van der Waals surface area contributed by atoms with Gasteiger partial charge in [-0.05, 0) is 38.5 Å². The van der Waals surface area contributed by atoms with Gasteiger partial charge < -0.3 is 9.52 Å². The Balaban J connectivity index is 2.37. The monoisotopic (exact) mass is 216 g/mol. The Morgan fingerprint density at radius 2 is 1.62 bits per heavy atom. The molecule has 1 heterocycles. The van der Waals surface area contributed by atoms with E-state index in [-0.39, 0.29) is 0 Å². The summed E-state index contributed by atoms with van der Waals surface area (Å²) in [5.74, 6) is 1.42. The molecule has 1 aromatic carbocycles. The van der Waals surface area contributed by atoms with Crippen LogP contribution in [0.1, 0.15) is 34.3 Å². The largest absolute Gasteiger partial charge is 0.463 e. The van der Waals surface area contributed by atoms with Crippen molar-refractivity contribution in [3.05, 3.63) is 58.5 Å². The first-order valence-electron chi connectivity index (χ1n) is 5.39. The summed E-state index contributed by atoms with van der Waals surface area (Å²) in [5, 5.41) is 10.2. The first kappa shape index (κ1) is 11.0. The Kier molecular flexibility index (Phi) is 2.84. The van der Waals surface area contributed by atoms with Crippen LogP contribution in [0.3, 0.4) is 0 Å². The summed E-state index contributed by atoms with van der Waals surface area (Å²) in [4.78, 5) is 0. The average molecular weight is 216 g/mol. The van der Waals surface area contributed by atoms with Gasteiger partial charge in [-0.2, -0.15) is 0 Å². The molecule has 0 aliphatic rings. The van der Waals surface area contributed by atoms with Crippen molar-refractivity contribution in [1.82, 2.24) is 0 Å². The van der Waals surface area contributed by atoms with Crippen molar-refractivity contribution in [2.24, 2.45) is 0 Å². The maximum Gasteiger partial charge on any atom is 0.137 e. The standard InChI is InChI=1S/C14H16O2/c1-9-6-10(2)8-12(7-9)14(15)13-5-4-11(3)16-13/h4-8,14-15H,1-3H3/t14-/m0/s1. The van der Waals surface area contributed by atoms with Crippen LogP contribution >= 0.6 is 0 Å². The van der Waals surface area contributed by atoms with E-state index in [1.54, 1.807) is 0 Å². The van der Waals surface area contributed by atoms with Gasteiger partial charge in [0.05, 0.1) is 0 Å². The Labute approximate surface area is 95.5 Å². The molecule has 1 atom stereocenters. The van der Waals surface area contributed by atoms with Crippen LogP contribution in [0.25, 0.3) is 0 Å². The molecule has 0 aliphatic carbocycles. The van der Waals surface area contributed by atoms with E-state index in [1.807, 2.05) is 45.0 Å². The Morgan fingerprint density at radius 3 is 2.12 bits per heavy atom. The third-order valence-electron chi connectivity index (χ3n) is 2.59. The second-order valence-electron chi connectivity index (χ2n) is 4.27. The van der Waals surface area contributed by atoms with E-state index in [1.165, 1.54) is 0 Å². The van der Waals surface area contributed by atoms with Crippen LogP contribution in [0.2, 0.25) is 0 Å². The molecular formula is C14H16O2. The topological polar surface area (TPSA) is 33.4 Å². The number of aliphatic hydroxyl groups is 1. The molecule has 0 spiro atoms. The van der Waals surface area contributed by atoms with Crippen molar-refractivity contribution >= 4 is 0 Å². The predicted octanol–water partition coefficient (Wildman–Crippen LogP) is 3.29. The van der Waals surface area contributed by atoms with E-state index < -0.39 is 6.10 Å². The van der Waals surface area contributed by atoms with Gasteiger partial charge in [0.25, 0.3) is 0 Å². The van der Waals surface area contributed by atoms with Gasteiger partial charge in [0.2, 0.25) is 0 Å². The molecule has 0 fully saturated rings. The lowest BCUT2D eigenvalue weighted by atomic mass is 10.0. The van der Waals surface area contributed by atoms with Gasteiger partial charge in [0.1, 0.15) is 17.6 Å².